The van der Waals surface area contributed by atoms with Gasteiger partial charge in [0.2, 0.25) is 0 Å². The minimum atomic E-state index is -0.162. The Kier molecular flexibility index (Phi) is 4.48. The number of hydrogen-bond donors (Lipinski definition) is 1. The first-order valence-corrected chi connectivity index (χ1v) is 6.54. The molecule has 1 aliphatic rings. The molecule has 1 aromatic rings. The number of likely N-dealkylation sites (tertiary alicyclic amines) is 1. The first-order chi connectivity index (χ1) is 9.26. The van der Waals surface area contributed by atoms with Crippen LogP contribution in [0, 0.1) is 11.3 Å². The summed E-state index contributed by atoms with van der Waals surface area (Å²) in [5.74, 6) is -0.162. The van der Waals surface area contributed by atoms with E-state index in [-0.39, 0.29) is 18.6 Å². The van der Waals surface area contributed by atoms with Crippen LogP contribution in [0.4, 0.5) is 0 Å². The maximum Gasteiger partial charge on any atom is 0.272 e. The summed E-state index contributed by atoms with van der Waals surface area (Å²) in [6.45, 7) is 0.647. The van der Waals surface area contributed by atoms with Gasteiger partial charge in [0.25, 0.3) is 5.91 Å². The first kappa shape index (κ1) is 13.5. The lowest BCUT2D eigenvalue weighted by atomic mass is 10.1. The predicted octanol–water partition coefficient (Wildman–Crippen LogP) is 1.33. The SMILES string of the molecule is N#Cc1ccc(C(=O)N2CCCCCC2CO)nc1. The van der Waals surface area contributed by atoms with Gasteiger partial charge in [0.15, 0.2) is 0 Å². The van der Waals surface area contributed by atoms with Crippen LogP contribution in [0.25, 0.3) is 0 Å². The summed E-state index contributed by atoms with van der Waals surface area (Å²) >= 11 is 0. The van der Waals surface area contributed by atoms with Crippen LogP contribution >= 0.6 is 0 Å². The van der Waals surface area contributed by atoms with Gasteiger partial charge in [-0.25, -0.2) is 4.98 Å². The van der Waals surface area contributed by atoms with E-state index in [1.54, 1.807) is 17.0 Å². The van der Waals surface area contributed by atoms with E-state index in [4.69, 9.17) is 5.26 Å². The molecule has 2 rings (SSSR count). The first-order valence-electron chi connectivity index (χ1n) is 6.54. The highest BCUT2D eigenvalue weighted by molar-refractivity contribution is 5.92. The molecule has 0 aromatic carbocycles. The smallest absolute Gasteiger partial charge is 0.272 e. The molecule has 0 bridgehead atoms. The molecule has 1 fully saturated rings. The third kappa shape index (κ3) is 3.09. The fourth-order valence-electron chi connectivity index (χ4n) is 2.37. The van der Waals surface area contributed by atoms with E-state index in [0.29, 0.717) is 17.8 Å². The molecule has 5 nitrogen and oxygen atoms in total. The van der Waals surface area contributed by atoms with Gasteiger partial charge >= 0.3 is 0 Å². The molecule has 1 unspecified atom stereocenters. The number of hydrogen-bond acceptors (Lipinski definition) is 4. The van der Waals surface area contributed by atoms with Crippen molar-refractivity contribution >= 4 is 5.91 Å². The molecule has 1 saturated heterocycles. The van der Waals surface area contributed by atoms with E-state index < -0.39 is 0 Å². The molecule has 0 radical (unpaired) electrons. The van der Waals surface area contributed by atoms with Crippen molar-refractivity contribution in [3.8, 4) is 6.07 Å². The molecule has 0 aliphatic carbocycles. The van der Waals surface area contributed by atoms with Crippen molar-refractivity contribution in [1.29, 1.82) is 5.26 Å². The molecule has 1 N–H and O–H groups in total. The summed E-state index contributed by atoms with van der Waals surface area (Å²) in [5, 5.41) is 18.1. The molecule has 1 aromatic heterocycles. The highest BCUT2D eigenvalue weighted by atomic mass is 16.3. The number of rotatable bonds is 2. The lowest BCUT2D eigenvalue weighted by molar-refractivity contribution is 0.0594. The quantitative estimate of drug-likeness (QED) is 0.869. The highest BCUT2D eigenvalue weighted by Gasteiger charge is 2.26. The normalized spacial score (nSPS) is 19.6. The van der Waals surface area contributed by atoms with Crippen molar-refractivity contribution in [2.45, 2.75) is 31.7 Å². The van der Waals surface area contributed by atoms with Crippen molar-refractivity contribution in [2.75, 3.05) is 13.2 Å². The molecular formula is C14H17N3O2. The number of nitriles is 1. The van der Waals surface area contributed by atoms with Crippen LogP contribution in [0.3, 0.4) is 0 Å². The van der Waals surface area contributed by atoms with Crippen LogP contribution in [-0.4, -0.2) is 40.1 Å². The van der Waals surface area contributed by atoms with Gasteiger partial charge in [-0.15, -0.1) is 0 Å². The maximum absolute atomic E-state index is 12.4. The third-order valence-corrected chi connectivity index (χ3v) is 3.46. The molecule has 5 heteroatoms. The summed E-state index contributed by atoms with van der Waals surface area (Å²) in [4.78, 5) is 18.1. The van der Waals surface area contributed by atoms with Crippen LogP contribution in [0.1, 0.15) is 41.7 Å². The Bertz CT molecular complexity index is 478. The molecule has 100 valence electrons. The van der Waals surface area contributed by atoms with E-state index in [1.165, 1.54) is 6.20 Å². The van der Waals surface area contributed by atoms with E-state index in [1.807, 2.05) is 6.07 Å². The van der Waals surface area contributed by atoms with Crippen LogP contribution in [0.2, 0.25) is 0 Å². The lowest BCUT2D eigenvalue weighted by Crippen LogP contribution is -2.42. The largest absolute Gasteiger partial charge is 0.394 e. The minimum absolute atomic E-state index is 0.0119. The average Bonchev–Trinajstić information content (AvgIpc) is 2.71. The number of aliphatic hydroxyl groups is 1. The van der Waals surface area contributed by atoms with E-state index in [2.05, 4.69) is 4.98 Å². The standard InChI is InChI=1S/C14H17N3O2/c15-8-11-5-6-13(16-9-11)14(19)17-7-3-1-2-4-12(17)10-18/h5-6,9,12,18H,1-4,7,10H2. The number of carbonyl (C=O) groups is 1. The highest BCUT2D eigenvalue weighted by Crippen LogP contribution is 2.18. The second-order valence-electron chi connectivity index (χ2n) is 4.73. The summed E-state index contributed by atoms with van der Waals surface area (Å²) in [5.41, 5.74) is 0.769. The van der Waals surface area contributed by atoms with Gasteiger partial charge in [-0.3, -0.25) is 4.79 Å². The number of pyridine rings is 1. The number of amides is 1. The zero-order valence-corrected chi connectivity index (χ0v) is 10.7. The number of nitrogens with zero attached hydrogens (tertiary/aromatic N) is 3. The lowest BCUT2D eigenvalue weighted by Gasteiger charge is -2.28. The topological polar surface area (TPSA) is 77.2 Å². The summed E-state index contributed by atoms with van der Waals surface area (Å²) in [7, 11) is 0. The molecule has 0 saturated carbocycles. The Morgan fingerprint density at radius 1 is 1.47 bits per heavy atom. The van der Waals surface area contributed by atoms with E-state index in [9.17, 15) is 9.90 Å². The number of aliphatic hydroxyl groups excluding tert-OH is 1. The summed E-state index contributed by atoms with van der Waals surface area (Å²) in [6.07, 6.45) is 5.31. The van der Waals surface area contributed by atoms with Crippen molar-refractivity contribution < 1.29 is 9.90 Å². The molecule has 1 amide bonds. The summed E-state index contributed by atoms with van der Waals surface area (Å²) < 4.78 is 0. The van der Waals surface area contributed by atoms with Crippen molar-refractivity contribution in [1.82, 2.24) is 9.88 Å². The second-order valence-corrected chi connectivity index (χ2v) is 4.73. The summed E-state index contributed by atoms with van der Waals surface area (Å²) in [6, 6.07) is 5.02. The molecule has 1 aliphatic heterocycles. The fourth-order valence-corrected chi connectivity index (χ4v) is 2.37. The van der Waals surface area contributed by atoms with Crippen LogP contribution in [-0.2, 0) is 0 Å². The second kappa shape index (κ2) is 6.30. The van der Waals surface area contributed by atoms with E-state index in [0.717, 1.165) is 25.7 Å². The Labute approximate surface area is 112 Å². The Balaban J connectivity index is 2.18. The van der Waals surface area contributed by atoms with Crippen LogP contribution < -0.4 is 0 Å². The van der Waals surface area contributed by atoms with Gasteiger partial charge in [-0.1, -0.05) is 12.8 Å². The Hall–Kier alpha value is -1.93. The zero-order valence-electron chi connectivity index (χ0n) is 10.7. The third-order valence-electron chi connectivity index (χ3n) is 3.46. The van der Waals surface area contributed by atoms with E-state index >= 15 is 0 Å². The predicted molar refractivity (Wildman–Crippen MR) is 69.3 cm³/mol. The molecule has 0 spiro atoms. The average molecular weight is 259 g/mol. The van der Waals surface area contributed by atoms with Crippen molar-refractivity contribution in [3.05, 3.63) is 29.6 Å². The minimum Gasteiger partial charge on any atom is -0.394 e. The van der Waals surface area contributed by atoms with Gasteiger partial charge in [-0.05, 0) is 25.0 Å². The van der Waals surface area contributed by atoms with Crippen molar-refractivity contribution in [2.24, 2.45) is 0 Å². The molecular weight excluding hydrogens is 242 g/mol. The van der Waals surface area contributed by atoms with Gasteiger partial charge in [0, 0.05) is 12.7 Å². The zero-order chi connectivity index (χ0) is 13.7. The van der Waals surface area contributed by atoms with Gasteiger partial charge < -0.3 is 10.0 Å². The van der Waals surface area contributed by atoms with Crippen LogP contribution in [0.15, 0.2) is 18.3 Å². The molecule has 19 heavy (non-hydrogen) atoms. The maximum atomic E-state index is 12.4. The fraction of sp³-hybridized carbons (Fsp3) is 0.500. The Morgan fingerprint density at radius 3 is 2.95 bits per heavy atom. The molecule has 1 atom stereocenters. The molecule has 2 heterocycles. The number of carbonyl (C=O) groups excluding carboxylic acids is 1. The van der Waals surface area contributed by atoms with Gasteiger partial charge in [0.1, 0.15) is 11.8 Å². The van der Waals surface area contributed by atoms with Crippen LogP contribution in [0.5, 0.6) is 0 Å². The number of aromatic nitrogens is 1. The monoisotopic (exact) mass is 259 g/mol. The van der Waals surface area contributed by atoms with Crippen molar-refractivity contribution in [3.63, 3.8) is 0 Å². The Morgan fingerprint density at radius 2 is 2.32 bits per heavy atom. The van der Waals surface area contributed by atoms with Gasteiger partial charge in [0.05, 0.1) is 18.2 Å². The van der Waals surface area contributed by atoms with Gasteiger partial charge in [-0.2, -0.15) is 5.26 Å².